The average Bonchev–Trinajstić information content (AvgIpc) is 3.17. The fourth-order valence-electron chi connectivity index (χ4n) is 3.84. The second-order valence-corrected chi connectivity index (χ2v) is 6.65. The van der Waals surface area contributed by atoms with Crippen LogP contribution in [0.4, 0.5) is 10.6 Å². The Bertz CT molecular complexity index is 548. The van der Waals surface area contributed by atoms with Gasteiger partial charge < -0.3 is 10.1 Å². The molecule has 1 amide bonds. The van der Waals surface area contributed by atoms with Gasteiger partial charge in [-0.25, -0.2) is 9.78 Å². The maximum atomic E-state index is 12.2. The number of carbonyl (C=O) groups excluding carboxylic acids is 1. The number of rotatable bonds is 2. The summed E-state index contributed by atoms with van der Waals surface area (Å²) in [6.07, 6.45) is 10.9. The highest BCUT2D eigenvalue weighted by Gasteiger charge is 2.46. The molecule has 6 heteroatoms. The molecular formula is C16H22N4O2. The number of anilines is 1. The Balaban J connectivity index is 1.50. The van der Waals surface area contributed by atoms with Crippen LogP contribution in [-0.2, 0) is 4.74 Å². The lowest BCUT2D eigenvalue weighted by atomic mass is 9.85. The molecule has 1 unspecified atom stereocenters. The largest absolute Gasteiger partial charge is 0.441 e. The molecule has 22 heavy (non-hydrogen) atoms. The van der Waals surface area contributed by atoms with Crippen LogP contribution in [0.15, 0.2) is 12.4 Å². The van der Waals surface area contributed by atoms with Crippen LogP contribution in [0.3, 0.4) is 0 Å². The Morgan fingerprint density at radius 2 is 2.05 bits per heavy atom. The maximum Gasteiger partial charge on any atom is 0.416 e. The fraction of sp³-hybridized carbons (Fsp3) is 0.688. The predicted octanol–water partition coefficient (Wildman–Crippen LogP) is 2.56. The van der Waals surface area contributed by atoms with E-state index in [4.69, 9.17) is 4.74 Å². The van der Waals surface area contributed by atoms with Crippen LogP contribution in [0.25, 0.3) is 0 Å². The number of ether oxygens (including phenoxy) is 1. The van der Waals surface area contributed by atoms with Gasteiger partial charge in [-0.15, -0.1) is 0 Å². The van der Waals surface area contributed by atoms with Gasteiger partial charge in [0, 0.05) is 0 Å². The van der Waals surface area contributed by atoms with Crippen LogP contribution >= 0.6 is 0 Å². The first kappa shape index (κ1) is 13.9. The molecule has 1 spiro atoms. The third kappa shape index (κ3) is 2.45. The molecule has 6 nitrogen and oxygen atoms in total. The van der Waals surface area contributed by atoms with E-state index in [0.29, 0.717) is 18.4 Å². The molecule has 3 fully saturated rings. The predicted molar refractivity (Wildman–Crippen MR) is 81.7 cm³/mol. The summed E-state index contributed by atoms with van der Waals surface area (Å²) in [4.78, 5) is 22.8. The lowest BCUT2D eigenvalue weighted by Gasteiger charge is -2.30. The van der Waals surface area contributed by atoms with Gasteiger partial charge in [0.2, 0.25) is 0 Å². The summed E-state index contributed by atoms with van der Waals surface area (Å²) < 4.78 is 5.69. The van der Waals surface area contributed by atoms with Crippen LogP contribution in [0, 0.1) is 0 Å². The van der Waals surface area contributed by atoms with Gasteiger partial charge in [-0.1, -0.05) is 6.42 Å². The second-order valence-electron chi connectivity index (χ2n) is 6.65. The summed E-state index contributed by atoms with van der Waals surface area (Å²) in [5.41, 5.74) is 0.670. The Labute approximate surface area is 130 Å². The maximum absolute atomic E-state index is 12.2. The summed E-state index contributed by atoms with van der Waals surface area (Å²) in [5, 5.41) is 3.41. The Morgan fingerprint density at radius 1 is 1.18 bits per heavy atom. The standard InChI is InChI=1S/C16H22N4O2/c21-15-20(11-16(22-15)6-2-1-3-7-16)14-10-18-13(9-19-14)12-5-4-8-17-12/h9-10,12,17H,1-8,11H2. The number of nitrogens with one attached hydrogen (secondary N) is 1. The minimum atomic E-state index is -0.289. The van der Waals surface area contributed by atoms with Gasteiger partial charge in [0.15, 0.2) is 5.82 Å². The van der Waals surface area contributed by atoms with Crippen LogP contribution in [0.1, 0.15) is 56.7 Å². The number of aromatic nitrogens is 2. The Kier molecular flexibility index (Phi) is 3.48. The van der Waals surface area contributed by atoms with E-state index in [1.807, 2.05) is 0 Å². The van der Waals surface area contributed by atoms with Crippen molar-refractivity contribution in [3.8, 4) is 0 Å². The smallest absolute Gasteiger partial charge is 0.416 e. The van der Waals surface area contributed by atoms with Crippen molar-refractivity contribution in [3.05, 3.63) is 18.1 Å². The molecule has 1 saturated carbocycles. The third-order valence-corrected chi connectivity index (χ3v) is 5.09. The van der Waals surface area contributed by atoms with Crippen molar-refractivity contribution >= 4 is 11.9 Å². The van der Waals surface area contributed by atoms with Crippen molar-refractivity contribution in [1.29, 1.82) is 0 Å². The minimum Gasteiger partial charge on any atom is -0.441 e. The van der Waals surface area contributed by atoms with Crippen molar-refractivity contribution in [3.63, 3.8) is 0 Å². The first-order valence-corrected chi connectivity index (χ1v) is 8.32. The van der Waals surface area contributed by atoms with Gasteiger partial charge in [-0.3, -0.25) is 9.88 Å². The zero-order valence-corrected chi connectivity index (χ0v) is 12.8. The van der Waals surface area contributed by atoms with E-state index in [2.05, 4.69) is 15.3 Å². The van der Waals surface area contributed by atoms with Gasteiger partial charge in [-0.2, -0.15) is 0 Å². The lowest BCUT2D eigenvalue weighted by molar-refractivity contribution is 0.0260. The topological polar surface area (TPSA) is 67.3 Å². The van der Waals surface area contributed by atoms with Gasteiger partial charge in [0.05, 0.1) is 30.7 Å². The molecule has 2 aliphatic heterocycles. The van der Waals surface area contributed by atoms with E-state index in [-0.39, 0.29) is 11.7 Å². The number of carbonyl (C=O) groups is 1. The third-order valence-electron chi connectivity index (χ3n) is 5.09. The van der Waals surface area contributed by atoms with Gasteiger partial charge in [-0.05, 0) is 45.1 Å². The molecule has 118 valence electrons. The van der Waals surface area contributed by atoms with Crippen LogP contribution < -0.4 is 10.2 Å². The average molecular weight is 302 g/mol. The molecule has 1 aromatic heterocycles. The highest BCUT2D eigenvalue weighted by Crippen LogP contribution is 2.38. The number of nitrogens with zero attached hydrogens (tertiary/aromatic N) is 3. The van der Waals surface area contributed by atoms with Gasteiger partial charge in [0.1, 0.15) is 5.60 Å². The fourth-order valence-corrected chi connectivity index (χ4v) is 3.84. The van der Waals surface area contributed by atoms with Crippen LogP contribution in [-0.4, -0.2) is 34.8 Å². The van der Waals surface area contributed by atoms with Crippen molar-refractivity contribution < 1.29 is 9.53 Å². The SMILES string of the molecule is O=C1OC2(CCCCC2)CN1c1cnc(C2CCCN2)cn1. The number of hydrogen-bond acceptors (Lipinski definition) is 5. The highest BCUT2D eigenvalue weighted by atomic mass is 16.6. The molecule has 2 saturated heterocycles. The van der Waals surface area contributed by atoms with Crippen molar-refractivity contribution in [2.75, 3.05) is 18.0 Å². The van der Waals surface area contributed by atoms with Crippen LogP contribution in [0.5, 0.6) is 0 Å². The quantitative estimate of drug-likeness (QED) is 0.909. The molecule has 0 aromatic carbocycles. The van der Waals surface area contributed by atoms with Gasteiger partial charge >= 0.3 is 6.09 Å². The van der Waals surface area contributed by atoms with E-state index in [0.717, 1.165) is 44.3 Å². The zero-order valence-electron chi connectivity index (χ0n) is 12.8. The number of hydrogen-bond donors (Lipinski definition) is 1. The summed E-state index contributed by atoms with van der Waals surface area (Å²) in [7, 11) is 0. The van der Waals surface area contributed by atoms with E-state index in [1.54, 1.807) is 17.3 Å². The van der Waals surface area contributed by atoms with Crippen LogP contribution in [0.2, 0.25) is 0 Å². The summed E-state index contributed by atoms with van der Waals surface area (Å²) in [5.74, 6) is 0.606. The Morgan fingerprint density at radius 3 is 2.73 bits per heavy atom. The summed E-state index contributed by atoms with van der Waals surface area (Å²) in [6.45, 7) is 1.65. The first-order valence-electron chi connectivity index (χ1n) is 8.32. The summed E-state index contributed by atoms with van der Waals surface area (Å²) >= 11 is 0. The molecule has 1 atom stereocenters. The van der Waals surface area contributed by atoms with Crippen molar-refractivity contribution in [1.82, 2.24) is 15.3 Å². The number of amides is 1. The van der Waals surface area contributed by atoms with E-state index in [1.165, 1.54) is 12.8 Å². The molecule has 0 bridgehead atoms. The molecule has 3 aliphatic rings. The Hall–Kier alpha value is -1.69. The lowest BCUT2D eigenvalue weighted by Crippen LogP contribution is -2.36. The van der Waals surface area contributed by atoms with Gasteiger partial charge in [0.25, 0.3) is 0 Å². The summed E-state index contributed by atoms with van der Waals surface area (Å²) in [6, 6.07) is 0.303. The van der Waals surface area contributed by atoms with Crippen molar-refractivity contribution in [2.45, 2.75) is 56.6 Å². The molecular weight excluding hydrogens is 280 g/mol. The zero-order chi connectivity index (χ0) is 15.0. The highest BCUT2D eigenvalue weighted by molar-refractivity contribution is 5.89. The van der Waals surface area contributed by atoms with E-state index in [9.17, 15) is 4.79 Å². The molecule has 3 heterocycles. The monoisotopic (exact) mass is 302 g/mol. The van der Waals surface area contributed by atoms with E-state index >= 15 is 0 Å². The van der Waals surface area contributed by atoms with E-state index < -0.39 is 0 Å². The van der Waals surface area contributed by atoms with Crippen molar-refractivity contribution in [2.24, 2.45) is 0 Å². The molecule has 1 aromatic rings. The molecule has 1 N–H and O–H groups in total. The molecule has 0 radical (unpaired) electrons. The normalized spacial score (nSPS) is 27.4. The molecule has 4 rings (SSSR count). The minimum absolute atomic E-state index is 0.275. The first-order chi connectivity index (χ1) is 10.8. The molecule has 1 aliphatic carbocycles. The second kappa shape index (κ2) is 5.50.